The van der Waals surface area contributed by atoms with Crippen LogP contribution in [0.5, 0.6) is 0 Å². The van der Waals surface area contributed by atoms with Crippen LogP contribution >= 0.6 is 11.6 Å². The molecule has 3 nitrogen and oxygen atoms in total. The van der Waals surface area contributed by atoms with Crippen LogP contribution in [0.25, 0.3) is 0 Å². The Balaban J connectivity index is 2.78. The lowest BCUT2D eigenvalue weighted by molar-refractivity contribution is -0.171. The summed E-state index contributed by atoms with van der Waals surface area (Å²) in [7, 11) is 0. The number of Topliss-reactive ketones (excluding diaryl/α,β-unsaturated/α-hetero) is 1. The first-order chi connectivity index (χ1) is 8.21. The molecule has 0 saturated carbocycles. The summed E-state index contributed by atoms with van der Waals surface area (Å²) >= 11 is 5.68. The van der Waals surface area contributed by atoms with E-state index in [9.17, 15) is 22.8 Å². The van der Waals surface area contributed by atoms with Crippen LogP contribution in [-0.2, 0) is 11.2 Å². The van der Waals surface area contributed by atoms with Gasteiger partial charge in [-0.2, -0.15) is 13.2 Å². The lowest BCUT2D eigenvalue weighted by Gasteiger charge is -2.06. The summed E-state index contributed by atoms with van der Waals surface area (Å²) in [5.41, 5.74) is 5.45. The maximum atomic E-state index is 12.0. The van der Waals surface area contributed by atoms with E-state index in [1.54, 1.807) is 0 Å². The minimum absolute atomic E-state index is 0.0219. The molecule has 1 aromatic carbocycles. The van der Waals surface area contributed by atoms with Crippen molar-refractivity contribution in [3.8, 4) is 0 Å². The number of hydrogen-bond acceptors (Lipinski definition) is 2. The first-order valence-corrected chi connectivity index (χ1v) is 5.28. The van der Waals surface area contributed by atoms with Crippen LogP contribution in [0.4, 0.5) is 13.2 Å². The van der Waals surface area contributed by atoms with Crippen LogP contribution in [0.3, 0.4) is 0 Å². The predicted molar refractivity (Wildman–Crippen MR) is 59.4 cm³/mol. The maximum absolute atomic E-state index is 12.0. The van der Waals surface area contributed by atoms with Gasteiger partial charge in [-0.3, -0.25) is 9.59 Å². The summed E-state index contributed by atoms with van der Waals surface area (Å²) in [5, 5.41) is 0.119. The zero-order chi connectivity index (χ0) is 13.9. The molecule has 1 amide bonds. The van der Waals surface area contributed by atoms with E-state index in [2.05, 4.69) is 0 Å². The Kier molecular flexibility index (Phi) is 4.34. The first kappa shape index (κ1) is 14.5. The fraction of sp³-hybridized carbons (Fsp3) is 0.273. The molecule has 0 heterocycles. The molecular weight excluding hydrogens is 271 g/mol. The quantitative estimate of drug-likeness (QED) is 0.920. The van der Waals surface area contributed by atoms with Crippen LogP contribution in [-0.4, -0.2) is 17.9 Å². The highest BCUT2D eigenvalue weighted by atomic mass is 35.5. The summed E-state index contributed by atoms with van der Waals surface area (Å²) in [4.78, 5) is 21.6. The summed E-state index contributed by atoms with van der Waals surface area (Å²) < 4.78 is 35.9. The highest BCUT2D eigenvalue weighted by Gasteiger charge is 2.37. The Bertz CT molecular complexity index is 486. The van der Waals surface area contributed by atoms with Crippen LogP contribution < -0.4 is 5.73 Å². The SMILES string of the molecule is NC(=O)c1cc(CCC(=O)C(F)(F)F)ccc1Cl. The molecule has 98 valence electrons. The number of aryl methyl sites for hydroxylation is 1. The number of nitrogens with two attached hydrogens (primary N) is 1. The summed E-state index contributed by atoms with van der Waals surface area (Å²) in [6, 6.07) is 4.09. The normalized spacial score (nSPS) is 11.3. The molecule has 0 unspecified atom stereocenters. The number of benzene rings is 1. The average molecular weight is 280 g/mol. The number of ketones is 1. The molecule has 0 aromatic heterocycles. The number of amides is 1. The van der Waals surface area contributed by atoms with E-state index in [0.29, 0.717) is 5.56 Å². The molecule has 2 N–H and O–H groups in total. The molecule has 0 radical (unpaired) electrons. The van der Waals surface area contributed by atoms with Gasteiger partial charge < -0.3 is 5.73 Å². The maximum Gasteiger partial charge on any atom is 0.449 e. The topological polar surface area (TPSA) is 60.2 Å². The van der Waals surface area contributed by atoms with Crippen molar-refractivity contribution in [1.82, 2.24) is 0 Å². The van der Waals surface area contributed by atoms with Gasteiger partial charge in [-0.25, -0.2) is 0 Å². The van der Waals surface area contributed by atoms with E-state index in [1.807, 2.05) is 0 Å². The molecule has 0 atom stereocenters. The third kappa shape index (κ3) is 3.73. The van der Waals surface area contributed by atoms with Crippen molar-refractivity contribution in [1.29, 1.82) is 0 Å². The van der Waals surface area contributed by atoms with Crippen LogP contribution in [0.1, 0.15) is 22.3 Å². The standard InChI is InChI=1S/C11H9ClF3NO2/c12-8-3-1-6(5-7(8)10(16)18)2-4-9(17)11(13,14)15/h1,3,5H,2,4H2,(H2,16,18). The minimum Gasteiger partial charge on any atom is -0.366 e. The van der Waals surface area contributed by atoms with Gasteiger partial charge >= 0.3 is 6.18 Å². The number of alkyl halides is 3. The monoisotopic (exact) mass is 279 g/mol. The van der Waals surface area contributed by atoms with Gasteiger partial charge in [-0.1, -0.05) is 17.7 Å². The Morgan fingerprint density at radius 2 is 1.89 bits per heavy atom. The van der Waals surface area contributed by atoms with Crippen molar-refractivity contribution in [2.24, 2.45) is 5.73 Å². The number of hydrogen-bond donors (Lipinski definition) is 1. The van der Waals surface area contributed by atoms with Crippen molar-refractivity contribution in [2.75, 3.05) is 0 Å². The van der Waals surface area contributed by atoms with Crippen molar-refractivity contribution in [3.05, 3.63) is 34.3 Å². The van der Waals surface area contributed by atoms with Gasteiger partial charge in [0.2, 0.25) is 11.7 Å². The molecule has 0 bridgehead atoms. The third-order valence-electron chi connectivity index (χ3n) is 2.25. The number of carbonyl (C=O) groups is 2. The average Bonchev–Trinajstić information content (AvgIpc) is 2.25. The number of primary amides is 1. The fourth-order valence-electron chi connectivity index (χ4n) is 1.32. The summed E-state index contributed by atoms with van der Waals surface area (Å²) in [6.07, 6.45) is -5.64. The highest BCUT2D eigenvalue weighted by molar-refractivity contribution is 6.33. The van der Waals surface area contributed by atoms with Crippen molar-refractivity contribution >= 4 is 23.3 Å². The van der Waals surface area contributed by atoms with Crippen molar-refractivity contribution in [2.45, 2.75) is 19.0 Å². The molecule has 0 aliphatic heterocycles. The molecule has 18 heavy (non-hydrogen) atoms. The summed E-state index contributed by atoms with van der Waals surface area (Å²) in [5.74, 6) is -2.58. The molecule has 1 aromatic rings. The Morgan fingerprint density at radius 1 is 1.28 bits per heavy atom. The van der Waals surface area contributed by atoms with E-state index in [-0.39, 0.29) is 17.0 Å². The van der Waals surface area contributed by atoms with Crippen molar-refractivity contribution in [3.63, 3.8) is 0 Å². The molecule has 1 rings (SSSR count). The van der Waals surface area contributed by atoms with Crippen LogP contribution in [0, 0.1) is 0 Å². The molecule has 7 heteroatoms. The van der Waals surface area contributed by atoms with Gasteiger partial charge in [0, 0.05) is 6.42 Å². The third-order valence-corrected chi connectivity index (χ3v) is 2.58. The van der Waals surface area contributed by atoms with Gasteiger partial charge in [0.15, 0.2) is 0 Å². The van der Waals surface area contributed by atoms with E-state index < -0.39 is 24.3 Å². The molecule has 0 aliphatic rings. The van der Waals surface area contributed by atoms with Gasteiger partial charge in [0.1, 0.15) is 0 Å². The second-order valence-corrected chi connectivity index (χ2v) is 4.01. The Morgan fingerprint density at radius 3 is 2.39 bits per heavy atom. The highest BCUT2D eigenvalue weighted by Crippen LogP contribution is 2.21. The zero-order valence-corrected chi connectivity index (χ0v) is 9.81. The van der Waals surface area contributed by atoms with E-state index in [4.69, 9.17) is 17.3 Å². The lowest BCUT2D eigenvalue weighted by atomic mass is 10.0. The molecule has 0 aliphatic carbocycles. The Labute approximate surface area is 106 Å². The van der Waals surface area contributed by atoms with Crippen LogP contribution in [0.15, 0.2) is 18.2 Å². The molecular formula is C11H9ClF3NO2. The lowest BCUT2D eigenvalue weighted by Crippen LogP contribution is -2.23. The second-order valence-electron chi connectivity index (χ2n) is 3.60. The summed E-state index contributed by atoms with van der Waals surface area (Å²) in [6.45, 7) is 0. The number of carbonyl (C=O) groups excluding carboxylic acids is 2. The van der Waals surface area contributed by atoms with E-state index >= 15 is 0 Å². The molecule has 0 spiro atoms. The minimum atomic E-state index is -4.83. The van der Waals surface area contributed by atoms with Gasteiger partial charge in [-0.05, 0) is 24.1 Å². The van der Waals surface area contributed by atoms with Gasteiger partial charge in [0.25, 0.3) is 0 Å². The van der Waals surface area contributed by atoms with E-state index in [1.165, 1.54) is 18.2 Å². The van der Waals surface area contributed by atoms with Crippen molar-refractivity contribution < 1.29 is 22.8 Å². The number of rotatable bonds is 4. The largest absolute Gasteiger partial charge is 0.449 e. The predicted octanol–water partition coefficient (Wildman–Crippen LogP) is 2.50. The van der Waals surface area contributed by atoms with Crippen LogP contribution in [0.2, 0.25) is 5.02 Å². The number of halogens is 4. The van der Waals surface area contributed by atoms with Gasteiger partial charge in [-0.15, -0.1) is 0 Å². The molecule has 0 fully saturated rings. The Hall–Kier alpha value is -1.56. The molecule has 0 saturated heterocycles. The fourth-order valence-corrected chi connectivity index (χ4v) is 1.53. The second kappa shape index (κ2) is 5.39. The first-order valence-electron chi connectivity index (χ1n) is 4.90. The van der Waals surface area contributed by atoms with E-state index in [0.717, 1.165) is 0 Å². The zero-order valence-electron chi connectivity index (χ0n) is 9.05. The smallest absolute Gasteiger partial charge is 0.366 e. The van der Waals surface area contributed by atoms with Gasteiger partial charge in [0.05, 0.1) is 10.6 Å².